The number of hydrogen-bond donors (Lipinski definition) is 1. The van der Waals surface area contributed by atoms with Crippen LogP contribution in [0.25, 0.3) is 33.3 Å². The van der Waals surface area contributed by atoms with Crippen LogP contribution in [-0.2, 0) is 6.54 Å². The summed E-state index contributed by atoms with van der Waals surface area (Å²) in [6, 6.07) is 23.1. The second-order valence-corrected chi connectivity index (χ2v) is 8.12. The second-order valence-electron chi connectivity index (χ2n) is 7.18. The van der Waals surface area contributed by atoms with E-state index in [1.165, 1.54) is 0 Å². The molecule has 29 heavy (non-hydrogen) atoms. The molecule has 2 aromatic heterocycles. The Morgan fingerprint density at radius 2 is 1.79 bits per heavy atom. The van der Waals surface area contributed by atoms with Gasteiger partial charge in [-0.05, 0) is 28.7 Å². The number of rotatable bonds is 4. The minimum atomic E-state index is 0.337. The van der Waals surface area contributed by atoms with E-state index in [1.54, 1.807) is 0 Å². The van der Waals surface area contributed by atoms with Crippen molar-refractivity contribution in [2.75, 3.05) is 5.75 Å². The van der Waals surface area contributed by atoms with Crippen LogP contribution in [0.15, 0.2) is 84.4 Å². The summed E-state index contributed by atoms with van der Waals surface area (Å²) in [5.41, 5.74) is 13.4. The van der Waals surface area contributed by atoms with Crippen molar-refractivity contribution >= 4 is 22.7 Å². The quantitative estimate of drug-likeness (QED) is 0.477. The first kappa shape index (κ1) is 18.1. The number of nitrogens with two attached hydrogens (primary N) is 1. The van der Waals surface area contributed by atoms with Crippen molar-refractivity contribution in [3.63, 3.8) is 0 Å². The number of benzene rings is 2. The Bertz CT molecular complexity index is 1180. The van der Waals surface area contributed by atoms with Gasteiger partial charge in [-0.3, -0.25) is 4.98 Å². The van der Waals surface area contributed by atoms with E-state index in [0.29, 0.717) is 12.5 Å². The van der Waals surface area contributed by atoms with E-state index in [9.17, 15) is 0 Å². The molecule has 0 spiro atoms. The molecule has 1 aliphatic heterocycles. The standard InChI is InChI=1S/C25H21N3S/c26-15-17-6-8-19(9-7-17)25-21(18-4-2-1-3-5-18)14-22-23(28-25)10-12-27-24(22)20-11-13-29-16-20/h1-14,20H,15-16,26H2. The molecule has 5 rings (SSSR count). The topological polar surface area (TPSA) is 51.8 Å². The van der Waals surface area contributed by atoms with E-state index in [0.717, 1.165) is 50.3 Å². The summed E-state index contributed by atoms with van der Waals surface area (Å²) in [6.45, 7) is 0.541. The van der Waals surface area contributed by atoms with Gasteiger partial charge in [-0.2, -0.15) is 0 Å². The largest absolute Gasteiger partial charge is 0.326 e. The molecule has 4 heteroatoms. The lowest BCUT2D eigenvalue weighted by molar-refractivity contribution is 0.947. The minimum Gasteiger partial charge on any atom is -0.326 e. The van der Waals surface area contributed by atoms with E-state index in [2.05, 4.69) is 66.1 Å². The van der Waals surface area contributed by atoms with Crippen LogP contribution in [0.2, 0.25) is 0 Å². The van der Waals surface area contributed by atoms with Crippen molar-refractivity contribution in [3.05, 3.63) is 95.7 Å². The van der Waals surface area contributed by atoms with Crippen LogP contribution in [0.1, 0.15) is 17.2 Å². The summed E-state index contributed by atoms with van der Waals surface area (Å²) < 4.78 is 0. The van der Waals surface area contributed by atoms with E-state index < -0.39 is 0 Å². The van der Waals surface area contributed by atoms with Crippen LogP contribution in [0.5, 0.6) is 0 Å². The van der Waals surface area contributed by atoms with Crippen LogP contribution in [0.4, 0.5) is 0 Å². The average molecular weight is 396 g/mol. The molecular weight excluding hydrogens is 374 g/mol. The Kier molecular flexibility index (Phi) is 4.88. The first-order valence-electron chi connectivity index (χ1n) is 9.76. The maximum Gasteiger partial charge on any atom is 0.0788 e. The van der Waals surface area contributed by atoms with Crippen molar-refractivity contribution in [1.82, 2.24) is 9.97 Å². The summed E-state index contributed by atoms with van der Waals surface area (Å²) >= 11 is 1.84. The molecule has 0 amide bonds. The fraction of sp³-hybridized carbons (Fsp3) is 0.120. The Hall–Kier alpha value is -2.95. The summed E-state index contributed by atoms with van der Waals surface area (Å²) in [5, 5.41) is 3.30. The fourth-order valence-electron chi connectivity index (χ4n) is 3.80. The smallest absolute Gasteiger partial charge is 0.0788 e. The van der Waals surface area contributed by atoms with Crippen LogP contribution < -0.4 is 5.73 Å². The molecule has 0 saturated carbocycles. The third kappa shape index (κ3) is 3.46. The highest BCUT2D eigenvalue weighted by molar-refractivity contribution is 8.02. The lowest BCUT2D eigenvalue weighted by atomic mass is 9.95. The van der Waals surface area contributed by atoms with Crippen LogP contribution >= 0.6 is 11.8 Å². The minimum absolute atomic E-state index is 0.337. The van der Waals surface area contributed by atoms with Gasteiger partial charge in [0.1, 0.15) is 0 Å². The molecule has 0 bridgehead atoms. The second kappa shape index (κ2) is 7.82. The zero-order valence-electron chi connectivity index (χ0n) is 16.0. The highest BCUT2D eigenvalue weighted by Crippen LogP contribution is 2.37. The van der Waals surface area contributed by atoms with Crippen molar-refractivity contribution in [1.29, 1.82) is 0 Å². The predicted molar refractivity (Wildman–Crippen MR) is 123 cm³/mol. The highest BCUT2D eigenvalue weighted by Gasteiger charge is 2.19. The Balaban J connectivity index is 1.76. The lowest BCUT2D eigenvalue weighted by Gasteiger charge is -2.15. The van der Waals surface area contributed by atoms with Crippen molar-refractivity contribution in [3.8, 4) is 22.4 Å². The first-order chi connectivity index (χ1) is 14.3. The monoisotopic (exact) mass is 395 g/mol. The fourth-order valence-corrected chi connectivity index (χ4v) is 4.69. The highest BCUT2D eigenvalue weighted by atomic mass is 32.2. The number of fused-ring (bicyclic) bond motifs is 1. The Morgan fingerprint density at radius 3 is 2.52 bits per heavy atom. The number of nitrogens with zero attached hydrogens (tertiary/aromatic N) is 2. The third-order valence-electron chi connectivity index (χ3n) is 5.36. The summed E-state index contributed by atoms with van der Waals surface area (Å²) in [6.07, 6.45) is 4.12. The first-order valence-corrected chi connectivity index (χ1v) is 10.8. The van der Waals surface area contributed by atoms with Crippen LogP contribution in [0.3, 0.4) is 0 Å². The molecule has 3 heterocycles. The predicted octanol–water partition coefficient (Wildman–Crippen LogP) is 5.77. The third-order valence-corrected chi connectivity index (χ3v) is 6.26. The van der Waals surface area contributed by atoms with Crippen molar-refractivity contribution in [2.45, 2.75) is 12.5 Å². The Morgan fingerprint density at radius 1 is 0.966 bits per heavy atom. The molecular formula is C25H21N3S. The number of aromatic nitrogens is 2. The summed E-state index contributed by atoms with van der Waals surface area (Å²) in [5.74, 6) is 1.37. The molecule has 4 aromatic rings. The molecule has 2 N–H and O–H groups in total. The zero-order valence-corrected chi connectivity index (χ0v) is 16.8. The normalized spacial score (nSPS) is 15.8. The SMILES string of the molecule is NCc1ccc(-c2nc3ccnc(C4C=CSC4)c3cc2-c2ccccc2)cc1. The van der Waals surface area contributed by atoms with Gasteiger partial charge in [-0.25, -0.2) is 4.98 Å². The number of hydrogen-bond acceptors (Lipinski definition) is 4. The maximum atomic E-state index is 5.78. The number of allylic oxidation sites excluding steroid dienone is 1. The molecule has 1 atom stereocenters. The summed E-state index contributed by atoms with van der Waals surface area (Å²) in [7, 11) is 0. The summed E-state index contributed by atoms with van der Waals surface area (Å²) in [4.78, 5) is 9.84. The molecule has 0 radical (unpaired) electrons. The van der Waals surface area contributed by atoms with Gasteiger partial charge in [-0.15, -0.1) is 11.8 Å². The van der Waals surface area contributed by atoms with Gasteiger partial charge in [-0.1, -0.05) is 60.7 Å². The van der Waals surface area contributed by atoms with Gasteiger partial charge in [0.05, 0.1) is 16.9 Å². The molecule has 1 aliphatic rings. The van der Waals surface area contributed by atoms with Gasteiger partial charge in [0.15, 0.2) is 0 Å². The molecule has 3 nitrogen and oxygen atoms in total. The molecule has 142 valence electrons. The van der Waals surface area contributed by atoms with Crippen molar-refractivity contribution in [2.24, 2.45) is 5.73 Å². The number of pyridine rings is 2. The van der Waals surface area contributed by atoms with Gasteiger partial charge >= 0.3 is 0 Å². The van der Waals surface area contributed by atoms with Gasteiger partial charge in [0.2, 0.25) is 0 Å². The molecule has 1 unspecified atom stereocenters. The van der Waals surface area contributed by atoms with Gasteiger partial charge in [0.25, 0.3) is 0 Å². The molecule has 0 fully saturated rings. The van der Waals surface area contributed by atoms with E-state index >= 15 is 0 Å². The average Bonchev–Trinajstić information content (AvgIpc) is 3.33. The van der Waals surface area contributed by atoms with Crippen molar-refractivity contribution < 1.29 is 0 Å². The van der Waals surface area contributed by atoms with Gasteiger partial charge in [0, 0.05) is 40.9 Å². The molecule has 0 saturated heterocycles. The van der Waals surface area contributed by atoms with E-state index in [-0.39, 0.29) is 0 Å². The van der Waals surface area contributed by atoms with Crippen LogP contribution in [-0.4, -0.2) is 15.7 Å². The molecule has 2 aromatic carbocycles. The van der Waals surface area contributed by atoms with E-state index in [4.69, 9.17) is 15.7 Å². The number of thioether (sulfide) groups is 1. The Labute approximate surface area is 174 Å². The van der Waals surface area contributed by atoms with Gasteiger partial charge < -0.3 is 5.73 Å². The van der Waals surface area contributed by atoms with E-state index in [1.807, 2.05) is 30.1 Å². The van der Waals surface area contributed by atoms with Crippen LogP contribution in [0, 0.1) is 0 Å². The maximum absolute atomic E-state index is 5.78. The molecule has 0 aliphatic carbocycles. The lowest BCUT2D eigenvalue weighted by Crippen LogP contribution is -2.01. The zero-order chi connectivity index (χ0) is 19.6.